The summed E-state index contributed by atoms with van der Waals surface area (Å²) < 4.78 is 0. The molecule has 1 amide bonds. The van der Waals surface area contributed by atoms with E-state index < -0.39 is 0 Å². The molecule has 4 heteroatoms. The average molecular weight is 295 g/mol. The summed E-state index contributed by atoms with van der Waals surface area (Å²) in [6.07, 6.45) is 0.354. The first-order valence-corrected chi connectivity index (χ1v) is 5.28. The largest absolute Gasteiger partial charge is 0.330 e. The van der Waals surface area contributed by atoms with Crippen LogP contribution < -0.4 is 11.1 Å². The number of fused-ring (bicyclic) bond motifs is 1. The monoisotopic (exact) mass is 294 g/mol. The number of nitrogens with one attached hydrogen (secondary N) is 1. The van der Waals surface area contributed by atoms with Gasteiger partial charge in [0.05, 0.1) is 0 Å². The van der Waals surface area contributed by atoms with E-state index in [2.05, 4.69) is 5.32 Å². The molecule has 90 valence electrons. The number of anilines is 1. The zero-order chi connectivity index (χ0) is 11.4. The second-order valence-electron chi connectivity index (χ2n) is 3.65. The number of carbonyl (C=O) groups excluding carboxylic acids is 1. The van der Waals surface area contributed by atoms with Crippen LogP contribution in [0, 0.1) is 0 Å². The van der Waals surface area contributed by atoms with Gasteiger partial charge in [0.1, 0.15) is 0 Å². The molecule has 0 aliphatic heterocycles. The highest BCUT2D eigenvalue weighted by Gasteiger charge is 2.01. The maximum atomic E-state index is 11.4. The molecule has 0 bridgehead atoms. The van der Waals surface area contributed by atoms with Gasteiger partial charge in [0, 0.05) is 18.7 Å². The maximum absolute atomic E-state index is 11.4. The lowest BCUT2D eigenvalue weighted by Crippen LogP contribution is -2.16. The van der Waals surface area contributed by atoms with Crippen LogP contribution in [0.5, 0.6) is 0 Å². The highest BCUT2D eigenvalue weighted by atomic mass is 79.9. The number of hydrogen-bond donors (Lipinski definition) is 2. The Balaban J connectivity index is 0.00000144. The van der Waals surface area contributed by atoms with Crippen molar-refractivity contribution in [2.45, 2.75) is 6.42 Å². The molecule has 0 aromatic heterocycles. The van der Waals surface area contributed by atoms with Crippen molar-refractivity contribution in [1.29, 1.82) is 0 Å². The molecule has 0 spiro atoms. The Morgan fingerprint density at radius 2 is 1.82 bits per heavy atom. The molecule has 2 aromatic carbocycles. The Bertz CT molecular complexity index is 514. The highest BCUT2D eigenvalue weighted by Crippen LogP contribution is 2.18. The van der Waals surface area contributed by atoms with Crippen LogP contribution >= 0.6 is 17.0 Å². The zero-order valence-electron chi connectivity index (χ0n) is 9.35. The Labute approximate surface area is 111 Å². The van der Waals surface area contributed by atoms with Crippen molar-refractivity contribution >= 4 is 39.3 Å². The summed E-state index contributed by atoms with van der Waals surface area (Å²) in [5, 5.41) is 5.10. The fourth-order valence-corrected chi connectivity index (χ4v) is 1.62. The second-order valence-corrected chi connectivity index (χ2v) is 3.65. The average Bonchev–Trinajstić information content (AvgIpc) is 2.29. The Morgan fingerprint density at radius 3 is 2.53 bits per heavy atom. The zero-order valence-corrected chi connectivity index (χ0v) is 11.1. The van der Waals surface area contributed by atoms with Crippen molar-refractivity contribution < 1.29 is 4.79 Å². The highest BCUT2D eigenvalue weighted by molar-refractivity contribution is 8.93. The van der Waals surface area contributed by atoms with E-state index in [1.807, 2.05) is 42.5 Å². The SMILES string of the molecule is Br.NCCC(=O)Nc1ccc2ccccc2c1. The van der Waals surface area contributed by atoms with Crippen molar-refractivity contribution in [2.24, 2.45) is 5.73 Å². The molecular weight excluding hydrogens is 280 g/mol. The van der Waals surface area contributed by atoms with Gasteiger partial charge in [-0.3, -0.25) is 4.79 Å². The van der Waals surface area contributed by atoms with Gasteiger partial charge in [-0.05, 0) is 22.9 Å². The van der Waals surface area contributed by atoms with E-state index in [9.17, 15) is 4.79 Å². The Hall–Kier alpha value is -1.39. The van der Waals surface area contributed by atoms with E-state index in [1.165, 1.54) is 5.39 Å². The van der Waals surface area contributed by atoms with Gasteiger partial charge in [0.2, 0.25) is 5.91 Å². The summed E-state index contributed by atoms with van der Waals surface area (Å²) in [6.45, 7) is 0.374. The predicted octanol–water partition coefficient (Wildman–Crippen LogP) is 2.71. The molecule has 2 aromatic rings. The summed E-state index contributed by atoms with van der Waals surface area (Å²) in [7, 11) is 0. The lowest BCUT2D eigenvalue weighted by atomic mass is 10.1. The quantitative estimate of drug-likeness (QED) is 0.914. The molecule has 3 N–H and O–H groups in total. The lowest BCUT2D eigenvalue weighted by molar-refractivity contribution is -0.116. The smallest absolute Gasteiger partial charge is 0.225 e. The Morgan fingerprint density at radius 1 is 1.12 bits per heavy atom. The van der Waals surface area contributed by atoms with Gasteiger partial charge in [-0.15, -0.1) is 17.0 Å². The van der Waals surface area contributed by atoms with E-state index in [1.54, 1.807) is 0 Å². The summed E-state index contributed by atoms with van der Waals surface area (Å²) in [4.78, 5) is 11.4. The number of benzene rings is 2. The van der Waals surface area contributed by atoms with Gasteiger partial charge in [-0.25, -0.2) is 0 Å². The van der Waals surface area contributed by atoms with Gasteiger partial charge in [-0.2, -0.15) is 0 Å². The van der Waals surface area contributed by atoms with Crippen LogP contribution in [0.4, 0.5) is 5.69 Å². The molecule has 0 radical (unpaired) electrons. The van der Waals surface area contributed by atoms with Crippen LogP contribution in [0.1, 0.15) is 6.42 Å². The number of rotatable bonds is 3. The first-order chi connectivity index (χ1) is 7.79. The third-order valence-corrected chi connectivity index (χ3v) is 2.40. The topological polar surface area (TPSA) is 55.1 Å². The molecular formula is C13H15BrN2O. The van der Waals surface area contributed by atoms with E-state index in [0.29, 0.717) is 13.0 Å². The summed E-state index contributed by atoms with van der Waals surface area (Å²) in [5.41, 5.74) is 6.13. The van der Waals surface area contributed by atoms with Crippen molar-refractivity contribution in [1.82, 2.24) is 0 Å². The van der Waals surface area contributed by atoms with Crippen LogP contribution in [0.15, 0.2) is 42.5 Å². The number of carbonyl (C=O) groups is 1. The molecule has 17 heavy (non-hydrogen) atoms. The van der Waals surface area contributed by atoms with Crippen LogP contribution in [0.25, 0.3) is 10.8 Å². The molecule has 0 aliphatic rings. The van der Waals surface area contributed by atoms with Crippen molar-refractivity contribution in [2.75, 3.05) is 11.9 Å². The minimum atomic E-state index is -0.0437. The van der Waals surface area contributed by atoms with E-state index in [-0.39, 0.29) is 22.9 Å². The van der Waals surface area contributed by atoms with Gasteiger partial charge in [-0.1, -0.05) is 30.3 Å². The van der Waals surface area contributed by atoms with Crippen molar-refractivity contribution in [3.63, 3.8) is 0 Å². The van der Waals surface area contributed by atoms with Crippen LogP contribution in [0.2, 0.25) is 0 Å². The molecule has 0 heterocycles. The van der Waals surface area contributed by atoms with Gasteiger partial charge in [0.25, 0.3) is 0 Å². The molecule has 0 saturated carbocycles. The molecule has 0 aliphatic carbocycles. The van der Waals surface area contributed by atoms with Crippen LogP contribution in [-0.4, -0.2) is 12.5 Å². The third-order valence-electron chi connectivity index (χ3n) is 2.40. The summed E-state index contributed by atoms with van der Waals surface area (Å²) in [6, 6.07) is 13.9. The fourth-order valence-electron chi connectivity index (χ4n) is 1.62. The molecule has 0 fully saturated rings. The minimum absolute atomic E-state index is 0. The maximum Gasteiger partial charge on any atom is 0.225 e. The Kier molecular flexibility index (Phi) is 5.12. The predicted molar refractivity (Wildman–Crippen MR) is 76.6 cm³/mol. The number of amides is 1. The van der Waals surface area contributed by atoms with Crippen molar-refractivity contribution in [3.8, 4) is 0 Å². The summed E-state index contributed by atoms with van der Waals surface area (Å²) >= 11 is 0. The van der Waals surface area contributed by atoms with Crippen LogP contribution in [0.3, 0.4) is 0 Å². The molecule has 0 saturated heterocycles. The fraction of sp³-hybridized carbons (Fsp3) is 0.154. The third kappa shape index (κ3) is 3.54. The van der Waals surface area contributed by atoms with Crippen LogP contribution in [-0.2, 0) is 4.79 Å². The van der Waals surface area contributed by atoms with Gasteiger partial charge < -0.3 is 11.1 Å². The molecule has 0 atom stereocenters. The molecule has 0 unspecified atom stereocenters. The van der Waals surface area contributed by atoms with E-state index in [4.69, 9.17) is 5.73 Å². The molecule has 2 rings (SSSR count). The number of halogens is 1. The molecule has 3 nitrogen and oxygen atoms in total. The van der Waals surface area contributed by atoms with Crippen molar-refractivity contribution in [3.05, 3.63) is 42.5 Å². The van der Waals surface area contributed by atoms with E-state index in [0.717, 1.165) is 11.1 Å². The lowest BCUT2D eigenvalue weighted by Gasteiger charge is -2.05. The normalized spacial score (nSPS) is 9.71. The number of nitrogens with two attached hydrogens (primary N) is 1. The van der Waals surface area contributed by atoms with Gasteiger partial charge in [0.15, 0.2) is 0 Å². The minimum Gasteiger partial charge on any atom is -0.330 e. The standard InChI is InChI=1S/C13H14N2O.BrH/c14-8-7-13(16)15-12-6-5-10-3-1-2-4-11(10)9-12;/h1-6,9H,7-8,14H2,(H,15,16);1H. The van der Waals surface area contributed by atoms with Gasteiger partial charge >= 0.3 is 0 Å². The first kappa shape index (κ1) is 13.7. The second kappa shape index (κ2) is 6.37. The summed E-state index contributed by atoms with van der Waals surface area (Å²) in [5.74, 6) is -0.0437. The first-order valence-electron chi connectivity index (χ1n) is 5.28. The van der Waals surface area contributed by atoms with E-state index >= 15 is 0 Å². The number of hydrogen-bond acceptors (Lipinski definition) is 2.